The molecule has 4 rings (SSSR count). The molecule has 1 saturated heterocycles. The lowest BCUT2D eigenvalue weighted by molar-refractivity contribution is 0.433. The Morgan fingerprint density at radius 1 is 0.812 bits per heavy atom. The number of aryl methyl sites for hydroxylation is 3. The van der Waals surface area contributed by atoms with Crippen molar-refractivity contribution in [2.75, 3.05) is 31.1 Å². The van der Waals surface area contributed by atoms with E-state index in [1.54, 1.807) is 22.5 Å². The molecule has 0 atom stereocenters. The van der Waals surface area contributed by atoms with E-state index < -0.39 is 10.0 Å². The highest BCUT2D eigenvalue weighted by molar-refractivity contribution is 7.89. The first kappa shape index (κ1) is 22.2. The number of hydrogen-bond acceptors (Lipinski definition) is 5. The van der Waals surface area contributed by atoms with E-state index in [-0.39, 0.29) is 5.56 Å². The Kier molecular flexibility index (Phi) is 6.17. The second-order valence-electron chi connectivity index (χ2n) is 8.27. The summed E-state index contributed by atoms with van der Waals surface area (Å²) >= 11 is 0. The fraction of sp³-hybridized carbons (Fsp3) is 0.333. The molecule has 0 radical (unpaired) electrons. The van der Waals surface area contributed by atoms with Crippen LogP contribution in [0.4, 0.5) is 5.82 Å². The fourth-order valence-electron chi connectivity index (χ4n) is 3.83. The Bertz CT molecular complexity index is 1280. The molecule has 7 nitrogen and oxygen atoms in total. The molecule has 0 aliphatic carbocycles. The summed E-state index contributed by atoms with van der Waals surface area (Å²) in [7, 11) is -3.56. The fourth-order valence-corrected chi connectivity index (χ4v) is 5.38. The largest absolute Gasteiger partial charge is 0.354 e. The van der Waals surface area contributed by atoms with Crippen LogP contribution in [-0.4, -0.2) is 48.7 Å². The van der Waals surface area contributed by atoms with Crippen LogP contribution in [0, 0.1) is 20.8 Å². The van der Waals surface area contributed by atoms with Gasteiger partial charge in [-0.25, -0.2) is 8.42 Å². The van der Waals surface area contributed by atoms with Crippen molar-refractivity contribution in [2.45, 2.75) is 32.1 Å². The molecule has 1 aliphatic rings. The van der Waals surface area contributed by atoms with Crippen LogP contribution in [0.3, 0.4) is 0 Å². The summed E-state index contributed by atoms with van der Waals surface area (Å²) in [5.74, 6) is 0.663. The van der Waals surface area contributed by atoms with Gasteiger partial charge < -0.3 is 4.90 Å². The van der Waals surface area contributed by atoms with Crippen LogP contribution in [0.5, 0.6) is 0 Å². The summed E-state index contributed by atoms with van der Waals surface area (Å²) < 4.78 is 29.3. The van der Waals surface area contributed by atoms with Crippen LogP contribution in [0.15, 0.2) is 64.3 Å². The summed E-state index contributed by atoms with van der Waals surface area (Å²) in [5.41, 5.74) is 3.64. The number of benzene rings is 2. The number of aromatic nitrogens is 2. The quantitative estimate of drug-likeness (QED) is 0.608. The van der Waals surface area contributed by atoms with E-state index in [1.807, 2.05) is 56.0 Å². The van der Waals surface area contributed by atoms with Gasteiger partial charge >= 0.3 is 0 Å². The summed E-state index contributed by atoms with van der Waals surface area (Å²) in [5, 5.41) is 4.57. The summed E-state index contributed by atoms with van der Waals surface area (Å²) in [6.07, 6.45) is 0.676. The first-order valence-electron chi connectivity index (χ1n) is 10.8. The van der Waals surface area contributed by atoms with E-state index in [0.29, 0.717) is 49.0 Å². The molecule has 2 aromatic carbocycles. The number of sulfonamides is 1. The van der Waals surface area contributed by atoms with E-state index in [4.69, 9.17) is 0 Å². The predicted octanol–water partition coefficient (Wildman–Crippen LogP) is 3.06. The van der Waals surface area contributed by atoms with Gasteiger partial charge in [0.15, 0.2) is 0 Å². The lowest BCUT2D eigenvalue weighted by Crippen LogP contribution is -2.36. The van der Waals surface area contributed by atoms with Crippen molar-refractivity contribution < 1.29 is 8.42 Å². The third-order valence-corrected chi connectivity index (χ3v) is 7.85. The minimum atomic E-state index is -3.56. The predicted molar refractivity (Wildman–Crippen MR) is 126 cm³/mol. The number of nitrogens with zero attached hydrogens (tertiary/aromatic N) is 4. The molecular formula is C24H28N4O3S. The minimum absolute atomic E-state index is 0.202. The van der Waals surface area contributed by atoms with Crippen LogP contribution in [0.1, 0.15) is 23.1 Å². The van der Waals surface area contributed by atoms with Gasteiger partial charge in [-0.05, 0) is 68.7 Å². The maximum Gasteiger partial charge on any atom is 0.271 e. The van der Waals surface area contributed by atoms with Crippen LogP contribution >= 0.6 is 0 Å². The SMILES string of the molecule is Cc1ccc(-n2nc(N3CCCN(S(=O)(=O)c4ccc(C)c(C)c4)CC3)ccc2=O)cc1. The number of hydrogen-bond donors (Lipinski definition) is 0. The Hall–Kier alpha value is -2.97. The van der Waals surface area contributed by atoms with Gasteiger partial charge in [-0.3, -0.25) is 4.79 Å². The van der Waals surface area contributed by atoms with Crippen LogP contribution < -0.4 is 10.5 Å². The van der Waals surface area contributed by atoms with Crippen LogP contribution in [0.25, 0.3) is 5.69 Å². The lowest BCUT2D eigenvalue weighted by atomic mass is 10.1. The minimum Gasteiger partial charge on any atom is -0.354 e. The Balaban J connectivity index is 1.56. The van der Waals surface area contributed by atoms with Crippen molar-refractivity contribution in [1.82, 2.24) is 14.1 Å². The Morgan fingerprint density at radius 3 is 2.28 bits per heavy atom. The van der Waals surface area contributed by atoms with Crippen molar-refractivity contribution in [3.8, 4) is 5.69 Å². The van der Waals surface area contributed by atoms with E-state index in [9.17, 15) is 13.2 Å². The monoisotopic (exact) mass is 452 g/mol. The molecule has 0 N–H and O–H groups in total. The highest BCUT2D eigenvalue weighted by Crippen LogP contribution is 2.22. The van der Waals surface area contributed by atoms with Gasteiger partial charge in [0.25, 0.3) is 5.56 Å². The smallest absolute Gasteiger partial charge is 0.271 e. The first-order chi connectivity index (χ1) is 15.3. The Labute approximate surface area is 189 Å². The third kappa shape index (κ3) is 4.47. The molecule has 1 fully saturated rings. The van der Waals surface area contributed by atoms with Gasteiger partial charge in [-0.2, -0.15) is 8.99 Å². The molecule has 0 saturated carbocycles. The molecule has 2 heterocycles. The molecule has 1 aromatic heterocycles. The summed E-state index contributed by atoms with van der Waals surface area (Å²) in [6.45, 7) is 7.86. The van der Waals surface area contributed by atoms with E-state index in [1.165, 1.54) is 10.7 Å². The van der Waals surface area contributed by atoms with Gasteiger partial charge in [0.2, 0.25) is 10.0 Å². The van der Waals surface area contributed by atoms with Gasteiger partial charge in [0.05, 0.1) is 10.6 Å². The third-order valence-electron chi connectivity index (χ3n) is 5.96. The molecule has 0 spiro atoms. The standard InChI is InChI=1S/C24H28N4O3S/c1-18-5-8-21(9-6-18)28-24(29)12-11-23(25-28)26-13-4-14-27(16-15-26)32(30,31)22-10-7-19(2)20(3)17-22/h5-12,17H,4,13-16H2,1-3H3. The molecule has 168 valence electrons. The van der Waals surface area contributed by atoms with Crippen molar-refractivity contribution in [1.29, 1.82) is 0 Å². The zero-order valence-corrected chi connectivity index (χ0v) is 19.5. The first-order valence-corrected chi connectivity index (χ1v) is 12.2. The van der Waals surface area contributed by atoms with Crippen LogP contribution in [0.2, 0.25) is 0 Å². The van der Waals surface area contributed by atoms with Crippen molar-refractivity contribution in [2.24, 2.45) is 0 Å². The maximum absolute atomic E-state index is 13.2. The zero-order chi connectivity index (χ0) is 22.9. The molecule has 0 amide bonds. The molecule has 8 heteroatoms. The van der Waals surface area contributed by atoms with Gasteiger partial charge in [-0.15, -0.1) is 5.10 Å². The zero-order valence-electron chi connectivity index (χ0n) is 18.7. The topological polar surface area (TPSA) is 75.5 Å². The second-order valence-corrected chi connectivity index (χ2v) is 10.2. The lowest BCUT2D eigenvalue weighted by Gasteiger charge is -2.23. The van der Waals surface area contributed by atoms with Crippen LogP contribution in [-0.2, 0) is 10.0 Å². The maximum atomic E-state index is 13.2. The normalized spacial score (nSPS) is 15.5. The van der Waals surface area contributed by atoms with Gasteiger partial charge in [0.1, 0.15) is 5.82 Å². The Morgan fingerprint density at radius 2 is 1.56 bits per heavy atom. The van der Waals surface area contributed by atoms with Crippen molar-refractivity contribution in [3.05, 3.63) is 81.6 Å². The molecule has 0 unspecified atom stereocenters. The van der Waals surface area contributed by atoms with Gasteiger partial charge in [-0.1, -0.05) is 23.8 Å². The summed E-state index contributed by atoms with van der Waals surface area (Å²) in [6, 6.07) is 16.1. The van der Waals surface area contributed by atoms with E-state index in [2.05, 4.69) is 5.10 Å². The number of anilines is 1. The van der Waals surface area contributed by atoms with E-state index >= 15 is 0 Å². The van der Waals surface area contributed by atoms with Crippen molar-refractivity contribution >= 4 is 15.8 Å². The molecule has 32 heavy (non-hydrogen) atoms. The average molecular weight is 453 g/mol. The highest BCUT2D eigenvalue weighted by Gasteiger charge is 2.27. The number of rotatable bonds is 4. The molecule has 0 bridgehead atoms. The summed E-state index contributed by atoms with van der Waals surface area (Å²) in [4.78, 5) is 14.8. The molecule has 1 aliphatic heterocycles. The average Bonchev–Trinajstić information content (AvgIpc) is 3.03. The van der Waals surface area contributed by atoms with Crippen molar-refractivity contribution in [3.63, 3.8) is 0 Å². The van der Waals surface area contributed by atoms with E-state index in [0.717, 1.165) is 16.7 Å². The highest BCUT2D eigenvalue weighted by atomic mass is 32.2. The molecular weight excluding hydrogens is 424 g/mol. The second kappa shape index (κ2) is 8.88. The molecule has 3 aromatic rings. The van der Waals surface area contributed by atoms with Gasteiger partial charge in [0, 0.05) is 32.2 Å².